The van der Waals surface area contributed by atoms with E-state index in [1.54, 1.807) is 14.2 Å². The summed E-state index contributed by atoms with van der Waals surface area (Å²) in [5, 5.41) is 0. The van der Waals surface area contributed by atoms with Crippen molar-refractivity contribution in [3.8, 4) is 0 Å². The first kappa shape index (κ1) is 31.3. The number of esters is 1. The van der Waals surface area contributed by atoms with E-state index < -0.39 is 8.56 Å². The summed E-state index contributed by atoms with van der Waals surface area (Å²) in [6.45, 7) is 7.55. The smallest absolute Gasteiger partial charge is 0.334 e. The van der Waals surface area contributed by atoms with Gasteiger partial charge in [0.05, 0.1) is 6.10 Å². The third-order valence-electron chi connectivity index (χ3n) is 6.59. The Morgan fingerprint density at radius 2 is 1.06 bits per heavy atom. The minimum Gasteiger partial charge on any atom is -0.460 e. The highest BCUT2D eigenvalue weighted by atomic mass is 28.4. The molecule has 0 rings (SSSR count). The summed E-state index contributed by atoms with van der Waals surface area (Å²) in [5.41, 5.74) is 0. The second-order valence-corrected chi connectivity index (χ2v) is 13.1. The zero-order valence-corrected chi connectivity index (χ0v) is 22.9. The predicted octanol–water partition coefficient (Wildman–Crippen LogP) is 8.49. The molecule has 0 radical (unpaired) electrons. The number of carbonyl (C=O) groups is 1. The first-order valence-electron chi connectivity index (χ1n) is 13.4. The SMILES string of the molecule is C=CC(=O)OC(C)CCCCCCCCCCCCCCCCCCC[Si](C)(OC)OC. The molecule has 1 unspecified atom stereocenters. The molecule has 0 aliphatic heterocycles. The Kier molecular flexibility index (Phi) is 21.7. The Morgan fingerprint density at radius 3 is 1.41 bits per heavy atom. The number of ether oxygens (including phenoxy) is 1. The molecule has 4 nitrogen and oxygen atoms in total. The van der Waals surface area contributed by atoms with E-state index in [0.29, 0.717) is 0 Å². The molecule has 0 saturated heterocycles. The molecule has 0 aromatic rings. The van der Waals surface area contributed by atoms with Gasteiger partial charge in [-0.3, -0.25) is 0 Å². The lowest BCUT2D eigenvalue weighted by Gasteiger charge is -2.22. The highest BCUT2D eigenvalue weighted by molar-refractivity contribution is 6.65. The molecule has 0 bridgehead atoms. The van der Waals surface area contributed by atoms with E-state index in [2.05, 4.69) is 13.1 Å². The summed E-state index contributed by atoms with van der Waals surface area (Å²) in [6.07, 6.45) is 25.2. The summed E-state index contributed by atoms with van der Waals surface area (Å²) in [5.74, 6) is -0.307. The van der Waals surface area contributed by atoms with Crippen molar-refractivity contribution in [3.63, 3.8) is 0 Å². The van der Waals surface area contributed by atoms with Gasteiger partial charge in [0.1, 0.15) is 0 Å². The lowest BCUT2D eigenvalue weighted by Crippen LogP contribution is -2.35. The normalized spacial score (nSPS) is 12.6. The molecule has 0 heterocycles. The Labute approximate surface area is 201 Å². The van der Waals surface area contributed by atoms with Crippen LogP contribution in [0.5, 0.6) is 0 Å². The van der Waals surface area contributed by atoms with Crippen LogP contribution in [0, 0.1) is 0 Å². The molecule has 0 aromatic carbocycles. The van der Waals surface area contributed by atoms with Gasteiger partial charge in [0.25, 0.3) is 0 Å². The van der Waals surface area contributed by atoms with E-state index in [0.717, 1.165) is 18.9 Å². The molecular weight excluding hydrogens is 416 g/mol. The zero-order chi connectivity index (χ0) is 23.9. The van der Waals surface area contributed by atoms with Gasteiger partial charge in [0.15, 0.2) is 0 Å². The van der Waals surface area contributed by atoms with Gasteiger partial charge in [-0.1, -0.05) is 109 Å². The van der Waals surface area contributed by atoms with Crippen molar-refractivity contribution in [2.45, 2.75) is 141 Å². The fourth-order valence-corrected chi connectivity index (χ4v) is 5.59. The number of unbranched alkanes of at least 4 members (excludes halogenated alkanes) is 16. The van der Waals surface area contributed by atoms with Crippen molar-refractivity contribution in [2.24, 2.45) is 0 Å². The maximum atomic E-state index is 11.1. The minimum absolute atomic E-state index is 0.0147. The Balaban J connectivity index is 3.21. The molecule has 0 N–H and O–H groups in total. The van der Waals surface area contributed by atoms with E-state index in [9.17, 15) is 4.79 Å². The summed E-state index contributed by atoms with van der Waals surface area (Å²) >= 11 is 0. The molecule has 0 saturated carbocycles. The van der Waals surface area contributed by atoms with Crippen LogP contribution in [0.1, 0.15) is 122 Å². The molecule has 190 valence electrons. The van der Waals surface area contributed by atoms with Crippen molar-refractivity contribution >= 4 is 14.5 Å². The average Bonchev–Trinajstić information content (AvgIpc) is 2.80. The second kappa shape index (κ2) is 22.2. The molecule has 0 amide bonds. The monoisotopic (exact) mass is 470 g/mol. The van der Waals surface area contributed by atoms with Gasteiger partial charge < -0.3 is 13.6 Å². The average molecular weight is 471 g/mol. The zero-order valence-electron chi connectivity index (χ0n) is 21.9. The lowest BCUT2D eigenvalue weighted by atomic mass is 10.0. The van der Waals surface area contributed by atoms with Gasteiger partial charge in [0, 0.05) is 20.3 Å². The van der Waals surface area contributed by atoms with Crippen molar-refractivity contribution < 1.29 is 18.4 Å². The topological polar surface area (TPSA) is 44.8 Å². The van der Waals surface area contributed by atoms with Gasteiger partial charge in [0.2, 0.25) is 0 Å². The molecular formula is C27H54O4Si. The molecule has 0 fully saturated rings. The van der Waals surface area contributed by atoms with Gasteiger partial charge in [-0.05, 0) is 32.4 Å². The van der Waals surface area contributed by atoms with Gasteiger partial charge >= 0.3 is 14.5 Å². The summed E-state index contributed by atoms with van der Waals surface area (Å²) < 4.78 is 16.3. The third kappa shape index (κ3) is 20.0. The van der Waals surface area contributed by atoms with Crippen LogP contribution in [-0.4, -0.2) is 34.9 Å². The van der Waals surface area contributed by atoms with E-state index in [1.165, 1.54) is 109 Å². The molecule has 0 aromatic heterocycles. The van der Waals surface area contributed by atoms with Crippen LogP contribution in [-0.2, 0) is 18.4 Å². The van der Waals surface area contributed by atoms with Crippen LogP contribution in [0.25, 0.3) is 0 Å². The van der Waals surface area contributed by atoms with Crippen LogP contribution < -0.4 is 0 Å². The lowest BCUT2D eigenvalue weighted by molar-refractivity contribution is -0.142. The molecule has 1 atom stereocenters. The maximum absolute atomic E-state index is 11.1. The summed E-state index contributed by atoms with van der Waals surface area (Å²) in [4.78, 5) is 11.1. The number of rotatable bonds is 24. The molecule has 32 heavy (non-hydrogen) atoms. The summed E-state index contributed by atoms with van der Waals surface area (Å²) in [7, 11) is 1.74. The van der Waals surface area contributed by atoms with Crippen molar-refractivity contribution in [3.05, 3.63) is 12.7 Å². The Hall–Kier alpha value is -0.653. The highest BCUT2D eigenvalue weighted by Gasteiger charge is 2.27. The van der Waals surface area contributed by atoms with Crippen molar-refractivity contribution in [1.29, 1.82) is 0 Å². The van der Waals surface area contributed by atoms with Crippen LogP contribution in [0.15, 0.2) is 12.7 Å². The number of hydrogen-bond acceptors (Lipinski definition) is 4. The van der Waals surface area contributed by atoms with Crippen LogP contribution in [0.2, 0.25) is 12.6 Å². The van der Waals surface area contributed by atoms with E-state index in [-0.39, 0.29) is 12.1 Å². The molecule has 0 aliphatic rings. The first-order valence-corrected chi connectivity index (χ1v) is 15.9. The second-order valence-electron chi connectivity index (χ2n) is 9.54. The standard InChI is InChI=1S/C27H54O4Si/c1-6-27(28)31-26(2)24-22-20-18-16-14-12-10-8-7-9-11-13-15-17-19-21-23-25-32(5,29-3)30-4/h6,26H,1,7-25H2,2-5H3. The highest BCUT2D eigenvalue weighted by Crippen LogP contribution is 2.18. The van der Waals surface area contributed by atoms with Crippen molar-refractivity contribution in [2.75, 3.05) is 14.2 Å². The Bertz CT molecular complexity index is 437. The van der Waals surface area contributed by atoms with Gasteiger partial charge in [-0.2, -0.15) is 0 Å². The predicted molar refractivity (Wildman–Crippen MR) is 139 cm³/mol. The van der Waals surface area contributed by atoms with E-state index in [4.69, 9.17) is 13.6 Å². The first-order chi connectivity index (χ1) is 15.5. The van der Waals surface area contributed by atoms with E-state index in [1.807, 2.05) is 6.92 Å². The van der Waals surface area contributed by atoms with Crippen LogP contribution in [0.4, 0.5) is 0 Å². The van der Waals surface area contributed by atoms with Gasteiger partial charge in [-0.15, -0.1) is 0 Å². The minimum atomic E-state index is -1.83. The van der Waals surface area contributed by atoms with Gasteiger partial charge in [-0.25, -0.2) is 4.79 Å². The number of carbonyl (C=O) groups excluding carboxylic acids is 1. The van der Waals surface area contributed by atoms with E-state index >= 15 is 0 Å². The maximum Gasteiger partial charge on any atom is 0.334 e. The van der Waals surface area contributed by atoms with Crippen LogP contribution in [0.3, 0.4) is 0 Å². The number of hydrogen-bond donors (Lipinski definition) is 0. The fraction of sp³-hybridized carbons (Fsp3) is 0.889. The molecule has 5 heteroatoms. The quantitative estimate of drug-likeness (QED) is 0.0614. The fourth-order valence-electron chi connectivity index (χ4n) is 4.12. The third-order valence-corrected chi connectivity index (χ3v) is 9.58. The summed E-state index contributed by atoms with van der Waals surface area (Å²) in [6, 6.07) is 1.12. The largest absolute Gasteiger partial charge is 0.460 e. The van der Waals surface area contributed by atoms with Crippen LogP contribution >= 0.6 is 0 Å². The van der Waals surface area contributed by atoms with Crippen molar-refractivity contribution in [1.82, 2.24) is 0 Å². The Morgan fingerprint density at radius 1 is 0.719 bits per heavy atom. The molecule has 0 aliphatic carbocycles. The molecule has 0 spiro atoms.